The lowest BCUT2D eigenvalue weighted by molar-refractivity contribution is -0.138. The van der Waals surface area contributed by atoms with Crippen molar-refractivity contribution in [3.63, 3.8) is 0 Å². The summed E-state index contributed by atoms with van der Waals surface area (Å²) < 4.78 is 0. The van der Waals surface area contributed by atoms with Gasteiger partial charge in [0.1, 0.15) is 0 Å². The average Bonchev–Trinajstić information content (AvgIpc) is 2.83. The third-order valence-electron chi connectivity index (χ3n) is 4.62. The molecule has 2 rings (SSSR count). The minimum atomic E-state index is -0.670. The molecule has 0 spiro atoms. The lowest BCUT2D eigenvalue weighted by Gasteiger charge is -2.38. The predicted molar refractivity (Wildman–Crippen MR) is 83.2 cm³/mol. The maximum atomic E-state index is 10.9. The van der Waals surface area contributed by atoms with E-state index in [1.54, 1.807) is 0 Å². The van der Waals surface area contributed by atoms with E-state index >= 15 is 0 Å². The predicted octanol–water partition coefficient (Wildman–Crippen LogP) is 3.94. The molecule has 1 aliphatic heterocycles. The Bertz CT molecular complexity index is 457. The van der Waals surface area contributed by atoms with Gasteiger partial charge in [-0.25, -0.2) is 0 Å². The SMILES string of the molecule is Cc1ccsc1C(C)N1CCCC(C(C)CC(=O)O)C1. The summed E-state index contributed by atoms with van der Waals surface area (Å²) in [6.45, 7) is 8.71. The van der Waals surface area contributed by atoms with Gasteiger partial charge in [-0.2, -0.15) is 0 Å². The van der Waals surface area contributed by atoms with Gasteiger partial charge in [-0.1, -0.05) is 6.92 Å². The minimum Gasteiger partial charge on any atom is -0.481 e. The highest BCUT2D eigenvalue weighted by Crippen LogP contribution is 2.34. The molecule has 2 heterocycles. The van der Waals surface area contributed by atoms with Gasteiger partial charge in [-0.3, -0.25) is 9.69 Å². The fourth-order valence-corrected chi connectivity index (χ4v) is 4.30. The largest absolute Gasteiger partial charge is 0.481 e. The highest BCUT2D eigenvalue weighted by Gasteiger charge is 2.29. The third-order valence-corrected chi connectivity index (χ3v) is 5.81. The summed E-state index contributed by atoms with van der Waals surface area (Å²) in [6, 6.07) is 2.64. The quantitative estimate of drug-likeness (QED) is 0.894. The molecule has 0 aromatic carbocycles. The number of carboxylic acid groups (broad SMARTS) is 1. The molecule has 20 heavy (non-hydrogen) atoms. The number of carbonyl (C=O) groups is 1. The summed E-state index contributed by atoms with van der Waals surface area (Å²) in [7, 11) is 0. The molecule has 1 saturated heterocycles. The molecule has 3 unspecified atom stereocenters. The molecule has 0 bridgehead atoms. The molecule has 0 saturated carbocycles. The Hall–Kier alpha value is -0.870. The second-order valence-electron chi connectivity index (χ2n) is 6.12. The van der Waals surface area contributed by atoms with E-state index in [9.17, 15) is 4.79 Å². The Morgan fingerprint density at radius 1 is 1.55 bits per heavy atom. The van der Waals surface area contributed by atoms with E-state index in [0.29, 0.717) is 18.4 Å². The van der Waals surface area contributed by atoms with E-state index in [0.717, 1.165) is 13.1 Å². The van der Waals surface area contributed by atoms with Gasteiger partial charge >= 0.3 is 5.97 Å². The molecule has 3 atom stereocenters. The fraction of sp³-hybridized carbons (Fsp3) is 0.688. The Morgan fingerprint density at radius 2 is 2.30 bits per heavy atom. The molecule has 0 aliphatic carbocycles. The Morgan fingerprint density at radius 3 is 2.90 bits per heavy atom. The van der Waals surface area contributed by atoms with E-state index in [2.05, 4.69) is 37.1 Å². The van der Waals surface area contributed by atoms with Crippen LogP contribution in [0.15, 0.2) is 11.4 Å². The first-order valence-corrected chi connectivity index (χ1v) is 8.36. The van der Waals surface area contributed by atoms with Gasteiger partial charge in [0.05, 0.1) is 0 Å². The van der Waals surface area contributed by atoms with Crippen LogP contribution in [0.1, 0.15) is 49.6 Å². The topological polar surface area (TPSA) is 40.5 Å². The van der Waals surface area contributed by atoms with Crippen molar-refractivity contribution < 1.29 is 9.90 Å². The van der Waals surface area contributed by atoms with Crippen molar-refractivity contribution in [1.82, 2.24) is 4.90 Å². The molecule has 112 valence electrons. The summed E-state index contributed by atoms with van der Waals surface area (Å²) in [5.74, 6) is 0.117. The number of aliphatic carboxylic acids is 1. The average molecular weight is 295 g/mol. The molecular formula is C16H25NO2S. The van der Waals surface area contributed by atoms with Gasteiger partial charge in [0, 0.05) is 23.9 Å². The van der Waals surface area contributed by atoms with E-state index in [4.69, 9.17) is 5.11 Å². The van der Waals surface area contributed by atoms with Crippen LogP contribution in [0.25, 0.3) is 0 Å². The summed E-state index contributed by atoms with van der Waals surface area (Å²) >= 11 is 1.84. The summed E-state index contributed by atoms with van der Waals surface area (Å²) in [5.41, 5.74) is 1.38. The lowest BCUT2D eigenvalue weighted by atomic mass is 9.84. The number of piperidine rings is 1. The normalized spacial score (nSPS) is 23.4. The molecule has 0 amide bonds. The van der Waals surface area contributed by atoms with Crippen LogP contribution in [0.3, 0.4) is 0 Å². The number of likely N-dealkylation sites (tertiary alicyclic amines) is 1. The van der Waals surface area contributed by atoms with E-state index < -0.39 is 5.97 Å². The van der Waals surface area contributed by atoms with Gasteiger partial charge in [0.25, 0.3) is 0 Å². The maximum absolute atomic E-state index is 10.9. The van der Waals surface area contributed by atoms with Crippen LogP contribution in [0.5, 0.6) is 0 Å². The van der Waals surface area contributed by atoms with Crippen LogP contribution in [-0.2, 0) is 4.79 Å². The van der Waals surface area contributed by atoms with E-state index in [1.165, 1.54) is 23.3 Å². The molecule has 3 nitrogen and oxygen atoms in total. The van der Waals surface area contributed by atoms with E-state index in [1.807, 2.05) is 11.3 Å². The molecule has 1 aromatic rings. The van der Waals surface area contributed by atoms with Crippen molar-refractivity contribution in [2.75, 3.05) is 13.1 Å². The fourth-order valence-electron chi connectivity index (χ4n) is 3.28. The molecular weight excluding hydrogens is 270 g/mol. The second kappa shape index (κ2) is 6.72. The molecule has 1 fully saturated rings. The van der Waals surface area contributed by atoms with Crippen LogP contribution >= 0.6 is 11.3 Å². The van der Waals surface area contributed by atoms with Crippen LogP contribution in [0, 0.1) is 18.8 Å². The summed E-state index contributed by atoms with van der Waals surface area (Å²) in [6.07, 6.45) is 2.65. The van der Waals surface area contributed by atoms with Gasteiger partial charge in [-0.15, -0.1) is 11.3 Å². The van der Waals surface area contributed by atoms with Crippen molar-refractivity contribution in [3.05, 3.63) is 21.9 Å². The van der Waals surface area contributed by atoms with Crippen LogP contribution < -0.4 is 0 Å². The summed E-state index contributed by atoms with van der Waals surface area (Å²) in [4.78, 5) is 14.9. The molecule has 0 radical (unpaired) electrons. The first kappa shape index (κ1) is 15.5. The van der Waals surface area contributed by atoms with Crippen molar-refractivity contribution >= 4 is 17.3 Å². The first-order valence-electron chi connectivity index (χ1n) is 7.49. The zero-order valence-corrected chi connectivity index (χ0v) is 13.4. The molecule has 1 aliphatic rings. The highest BCUT2D eigenvalue weighted by molar-refractivity contribution is 7.10. The first-order chi connectivity index (χ1) is 9.49. The molecule has 1 aromatic heterocycles. The number of aryl methyl sites for hydroxylation is 1. The minimum absolute atomic E-state index is 0.270. The smallest absolute Gasteiger partial charge is 0.303 e. The number of hydrogen-bond acceptors (Lipinski definition) is 3. The zero-order valence-electron chi connectivity index (χ0n) is 12.6. The van der Waals surface area contributed by atoms with Gasteiger partial charge < -0.3 is 5.11 Å². The summed E-state index contributed by atoms with van der Waals surface area (Å²) in [5, 5.41) is 11.1. The monoisotopic (exact) mass is 295 g/mol. The Kier molecular flexibility index (Phi) is 5.22. The Balaban J connectivity index is 2.00. The second-order valence-corrected chi connectivity index (χ2v) is 7.06. The standard InChI is InChI=1S/C16H25NO2S/c1-11-6-8-20-16(11)13(3)17-7-4-5-14(10-17)12(2)9-15(18)19/h6,8,12-14H,4-5,7,9-10H2,1-3H3,(H,18,19). The van der Waals surface area contributed by atoms with Crippen molar-refractivity contribution in [2.24, 2.45) is 11.8 Å². The number of rotatable bonds is 5. The maximum Gasteiger partial charge on any atom is 0.303 e. The number of hydrogen-bond donors (Lipinski definition) is 1. The van der Waals surface area contributed by atoms with Crippen molar-refractivity contribution in [2.45, 2.75) is 46.1 Å². The van der Waals surface area contributed by atoms with Crippen LogP contribution in [0.4, 0.5) is 0 Å². The van der Waals surface area contributed by atoms with Gasteiger partial charge in [0.15, 0.2) is 0 Å². The Labute approximate surface area is 125 Å². The molecule has 1 N–H and O–H groups in total. The molecule has 4 heteroatoms. The lowest BCUT2D eigenvalue weighted by Crippen LogP contribution is -2.39. The highest BCUT2D eigenvalue weighted by atomic mass is 32.1. The van der Waals surface area contributed by atoms with Crippen molar-refractivity contribution in [3.8, 4) is 0 Å². The van der Waals surface area contributed by atoms with Crippen LogP contribution in [-0.4, -0.2) is 29.1 Å². The number of carboxylic acids is 1. The number of thiophene rings is 1. The van der Waals surface area contributed by atoms with Crippen LogP contribution in [0.2, 0.25) is 0 Å². The third kappa shape index (κ3) is 3.61. The van der Waals surface area contributed by atoms with Crippen molar-refractivity contribution in [1.29, 1.82) is 0 Å². The van der Waals surface area contributed by atoms with Gasteiger partial charge in [-0.05, 0) is 62.1 Å². The van der Waals surface area contributed by atoms with E-state index in [-0.39, 0.29) is 5.92 Å². The zero-order chi connectivity index (χ0) is 14.7. The van der Waals surface area contributed by atoms with Gasteiger partial charge in [0.2, 0.25) is 0 Å². The number of nitrogens with zero attached hydrogens (tertiary/aromatic N) is 1.